The van der Waals surface area contributed by atoms with E-state index in [4.69, 9.17) is 5.73 Å². The van der Waals surface area contributed by atoms with Gasteiger partial charge in [0.2, 0.25) is 0 Å². The zero-order chi connectivity index (χ0) is 13.2. The Morgan fingerprint density at radius 3 is 2.50 bits per heavy atom. The minimum absolute atomic E-state index is 0.123. The third-order valence-corrected chi connectivity index (χ3v) is 5.79. The molecule has 0 amide bonds. The lowest BCUT2D eigenvalue weighted by molar-refractivity contribution is 0.415. The largest absolute Gasteiger partial charge is 0.367 e. The van der Waals surface area contributed by atoms with E-state index in [0.717, 1.165) is 13.0 Å². The maximum atomic E-state index is 6.10. The number of thioether (sulfide) groups is 1. The molecule has 1 aromatic carbocycles. The number of benzene rings is 1. The summed E-state index contributed by atoms with van der Waals surface area (Å²) in [5.41, 5.74) is 8.90. The number of hydrogen-bond donors (Lipinski definition) is 1. The minimum atomic E-state index is 0.123. The number of nitrogens with two attached hydrogens (primary N) is 1. The van der Waals surface area contributed by atoms with Crippen molar-refractivity contribution in [2.24, 2.45) is 5.73 Å². The van der Waals surface area contributed by atoms with Gasteiger partial charge in [-0.1, -0.05) is 26.0 Å². The first-order chi connectivity index (χ1) is 8.64. The molecule has 0 aromatic heterocycles. The average Bonchev–Trinajstić information content (AvgIpc) is 2.80. The molecule has 2 N–H and O–H groups in total. The van der Waals surface area contributed by atoms with E-state index in [-0.39, 0.29) is 5.54 Å². The molecular weight excluding hydrogens is 240 g/mol. The van der Waals surface area contributed by atoms with E-state index in [1.54, 1.807) is 0 Å². The van der Waals surface area contributed by atoms with Crippen LogP contribution in [0.2, 0.25) is 0 Å². The average molecular weight is 264 g/mol. The predicted octanol–water partition coefficient (Wildman–Crippen LogP) is 2.91. The normalized spacial score (nSPS) is 27.4. The van der Waals surface area contributed by atoms with Gasteiger partial charge in [-0.05, 0) is 36.3 Å². The number of rotatable bonds is 4. The quantitative estimate of drug-likeness (QED) is 0.906. The molecule has 2 unspecified atom stereocenters. The third kappa shape index (κ3) is 2.26. The van der Waals surface area contributed by atoms with E-state index in [1.807, 2.05) is 11.8 Å². The number of aryl methyl sites for hydroxylation is 1. The second-order valence-electron chi connectivity index (χ2n) is 5.15. The van der Waals surface area contributed by atoms with Crippen molar-refractivity contribution in [3.8, 4) is 0 Å². The van der Waals surface area contributed by atoms with Gasteiger partial charge in [-0.2, -0.15) is 11.8 Å². The predicted molar refractivity (Wildman–Crippen MR) is 82.5 cm³/mol. The number of nitrogens with zero attached hydrogens (tertiary/aromatic N) is 1. The molecule has 1 saturated heterocycles. The molecule has 2 rings (SSSR count). The van der Waals surface area contributed by atoms with E-state index in [1.165, 1.54) is 23.4 Å². The Bertz CT molecular complexity index is 390. The number of likely N-dealkylation sites (N-methyl/N-ethyl adjacent to an activating group) is 1. The number of hydrogen-bond acceptors (Lipinski definition) is 3. The van der Waals surface area contributed by atoms with Crippen LogP contribution in [0.15, 0.2) is 24.3 Å². The summed E-state index contributed by atoms with van der Waals surface area (Å²) in [7, 11) is 2.19. The first-order valence-electron chi connectivity index (χ1n) is 6.78. The SMILES string of the molecule is CCc1ccc(N(C)C2(CN)CCSC2C)cc1. The van der Waals surface area contributed by atoms with Crippen LogP contribution in [0, 0.1) is 0 Å². The highest BCUT2D eigenvalue weighted by molar-refractivity contribution is 8.00. The lowest BCUT2D eigenvalue weighted by Crippen LogP contribution is -2.56. The first-order valence-corrected chi connectivity index (χ1v) is 7.83. The van der Waals surface area contributed by atoms with Crippen LogP contribution in [0.1, 0.15) is 25.8 Å². The summed E-state index contributed by atoms with van der Waals surface area (Å²) in [6.45, 7) is 5.23. The van der Waals surface area contributed by atoms with Crippen molar-refractivity contribution in [3.63, 3.8) is 0 Å². The summed E-state index contributed by atoms with van der Waals surface area (Å²) >= 11 is 2.04. The lowest BCUT2D eigenvalue weighted by atomic mass is 9.90. The van der Waals surface area contributed by atoms with Crippen molar-refractivity contribution in [1.29, 1.82) is 0 Å². The van der Waals surface area contributed by atoms with Crippen LogP contribution in [-0.2, 0) is 6.42 Å². The molecule has 0 aliphatic carbocycles. The van der Waals surface area contributed by atoms with Gasteiger partial charge in [-0.15, -0.1) is 0 Å². The molecule has 1 aromatic rings. The molecule has 1 fully saturated rings. The summed E-state index contributed by atoms with van der Waals surface area (Å²) < 4.78 is 0. The molecule has 3 heteroatoms. The van der Waals surface area contributed by atoms with Crippen LogP contribution in [0.5, 0.6) is 0 Å². The van der Waals surface area contributed by atoms with Gasteiger partial charge in [-0.25, -0.2) is 0 Å². The van der Waals surface area contributed by atoms with Gasteiger partial charge < -0.3 is 10.6 Å². The van der Waals surface area contributed by atoms with Crippen LogP contribution in [-0.4, -0.2) is 30.1 Å². The van der Waals surface area contributed by atoms with Crippen LogP contribution in [0.4, 0.5) is 5.69 Å². The van der Waals surface area contributed by atoms with Crippen molar-refractivity contribution in [2.75, 3.05) is 24.2 Å². The van der Waals surface area contributed by atoms with Crippen molar-refractivity contribution < 1.29 is 0 Å². The van der Waals surface area contributed by atoms with E-state index in [2.05, 4.69) is 50.1 Å². The zero-order valence-electron chi connectivity index (χ0n) is 11.6. The fourth-order valence-electron chi connectivity index (χ4n) is 2.83. The number of anilines is 1. The highest BCUT2D eigenvalue weighted by atomic mass is 32.2. The standard InChI is InChI=1S/C15H24N2S/c1-4-13-5-7-14(8-6-13)17(3)15(11-16)9-10-18-12(15)2/h5-8,12H,4,9-11,16H2,1-3H3. The smallest absolute Gasteiger partial charge is 0.0644 e. The van der Waals surface area contributed by atoms with Gasteiger partial charge in [0, 0.05) is 24.5 Å². The molecule has 1 aliphatic rings. The fourth-order valence-corrected chi connectivity index (χ4v) is 4.34. The highest BCUT2D eigenvalue weighted by Gasteiger charge is 2.43. The van der Waals surface area contributed by atoms with Crippen molar-refractivity contribution >= 4 is 17.4 Å². The Morgan fingerprint density at radius 2 is 2.06 bits per heavy atom. The Labute approximate surface area is 115 Å². The van der Waals surface area contributed by atoms with Gasteiger partial charge in [0.25, 0.3) is 0 Å². The van der Waals surface area contributed by atoms with Gasteiger partial charge >= 0.3 is 0 Å². The molecule has 0 bridgehead atoms. The van der Waals surface area contributed by atoms with Crippen LogP contribution in [0.25, 0.3) is 0 Å². The molecular formula is C15H24N2S. The third-order valence-electron chi connectivity index (χ3n) is 4.41. The second kappa shape index (κ2) is 5.54. The summed E-state index contributed by atoms with van der Waals surface area (Å²) in [6, 6.07) is 8.91. The van der Waals surface area contributed by atoms with Gasteiger partial charge in [0.1, 0.15) is 0 Å². The van der Waals surface area contributed by atoms with Gasteiger partial charge in [-0.3, -0.25) is 0 Å². The monoisotopic (exact) mass is 264 g/mol. The molecule has 0 spiro atoms. The zero-order valence-corrected chi connectivity index (χ0v) is 12.5. The minimum Gasteiger partial charge on any atom is -0.367 e. The van der Waals surface area contributed by atoms with Crippen molar-refractivity contribution in [2.45, 2.75) is 37.5 Å². The fraction of sp³-hybridized carbons (Fsp3) is 0.600. The van der Waals surface area contributed by atoms with E-state index in [9.17, 15) is 0 Å². The maximum absolute atomic E-state index is 6.10. The van der Waals surface area contributed by atoms with Crippen molar-refractivity contribution in [1.82, 2.24) is 0 Å². The molecule has 0 saturated carbocycles. The molecule has 2 nitrogen and oxygen atoms in total. The maximum Gasteiger partial charge on any atom is 0.0644 e. The van der Waals surface area contributed by atoms with Crippen molar-refractivity contribution in [3.05, 3.63) is 29.8 Å². The van der Waals surface area contributed by atoms with E-state index in [0.29, 0.717) is 5.25 Å². The van der Waals surface area contributed by atoms with E-state index >= 15 is 0 Å². The highest BCUT2D eigenvalue weighted by Crippen LogP contribution is 2.40. The molecule has 1 aliphatic heterocycles. The Kier molecular flexibility index (Phi) is 4.23. The van der Waals surface area contributed by atoms with Gasteiger partial charge in [0.15, 0.2) is 0 Å². The van der Waals surface area contributed by atoms with E-state index < -0.39 is 0 Å². The Balaban J connectivity index is 2.25. The summed E-state index contributed by atoms with van der Waals surface area (Å²) in [6.07, 6.45) is 2.28. The van der Waals surface area contributed by atoms with Crippen LogP contribution < -0.4 is 10.6 Å². The summed E-state index contributed by atoms with van der Waals surface area (Å²) in [5, 5.41) is 0.596. The second-order valence-corrected chi connectivity index (χ2v) is 6.60. The molecule has 18 heavy (non-hydrogen) atoms. The summed E-state index contributed by atoms with van der Waals surface area (Å²) in [4.78, 5) is 2.40. The van der Waals surface area contributed by atoms with Crippen LogP contribution in [0.3, 0.4) is 0 Å². The van der Waals surface area contributed by atoms with Gasteiger partial charge in [0.05, 0.1) is 5.54 Å². The lowest BCUT2D eigenvalue weighted by Gasteiger charge is -2.42. The molecule has 2 atom stereocenters. The Hall–Kier alpha value is -0.670. The molecule has 0 radical (unpaired) electrons. The first kappa shape index (κ1) is 13.8. The topological polar surface area (TPSA) is 29.3 Å². The molecule has 1 heterocycles. The molecule has 100 valence electrons. The Morgan fingerprint density at radius 1 is 1.39 bits per heavy atom. The van der Waals surface area contributed by atoms with Crippen LogP contribution >= 0.6 is 11.8 Å². The summed E-state index contributed by atoms with van der Waals surface area (Å²) in [5.74, 6) is 1.22.